The van der Waals surface area contributed by atoms with Crippen molar-refractivity contribution in [3.8, 4) is 0 Å². The van der Waals surface area contributed by atoms with Crippen LogP contribution in [0.3, 0.4) is 0 Å². The SMILES string of the molecule is CCCCCC(C(=O)C(=O)O)[SiH](C)C. The van der Waals surface area contributed by atoms with E-state index in [1.54, 1.807) is 0 Å². The first kappa shape index (κ1) is 13.4. The molecule has 0 saturated carbocycles. The molecule has 0 spiro atoms. The summed E-state index contributed by atoms with van der Waals surface area (Å²) in [5.41, 5.74) is -0.168. The summed E-state index contributed by atoms with van der Waals surface area (Å²) in [5, 5.41) is 8.63. The first-order chi connectivity index (χ1) is 6.50. The highest BCUT2D eigenvalue weighted by atomic mass is 28.3. The van der Waals surface area contributed by atoms with Crippen molar-refractivity contribution in [2.45, 2.75) is 51.2 Å². The summed E-state index contributed by atoms with van der Waals surface area (Å²) in [5.74, 6) is -1.82. The van der Waals surface area contributed by atoms with Crippen molar-refractivity contribution in [3.63, 3.8) is 0 Å². The lowest BCUT2D eigenvalue weighted by Crippen LogP contribution is -2.27. The number of hydrogen-bond donors (Lipinski definition) is 1. The van der Waals surface area contributed by atoms with E-state index < -0.39 is 20.5 Å². The molecule has 0 bridgehead atoms. The van der Waals surface area contributed by atoms with Crippen molar-refractivity contribution in [1.82, 2.24) is 0 Å². The Balaban J connectivity index is 4.15. The van der Waals surface area contributed by atoms with E-state index in [-0.39, 0.29) is 5.54 Å². The van der Waals surface area contributed by atoms with E-state index in [2.05, 4.69) is 6.92 Å². The molecule has 0 saturated heterocycles. The van der Waals surface area contributed by atoms with Crippen molar-refractivity contribution in [1.29, 1.82) is 0 Å². The van der Waals surface area contributed by atoms with Crippen LogP contribution in [0.2, 0.25) is 18.6 Å². The lowest BCUT2D eigenvalue weighted by Gasteiger charge is -2.15. The number of carbonyl (C=O) groups excluding carboxylic acids is 1. The Morgan fingerprint density at radius 3 is 2.21 bits per heavy atom. The summed E-state index contributed by atoms with van der Waals surface area (Å²) in [6, 6.07) is 0. The van der Waals surface area contributed by atoms with E-state index in [0.29, 0.717) is 0 Å². The van der Waals surface area contributed by atoms with Crippen LogP contribution in [-0.2, 0) is 9.59 Å². The Bertz CT molecular complexity index is 202. The molecule has 0 radical (unpaired) electrons. The van der Waals surface area contributed by atoms with Crippen molar-refractivity contribution in [3.05, 3.63) is 0 Å². The molecule has 0 rings (SSSR count). The van der Waals surface area contributed by atoms with Gasteiger partial charge in [0, 0.05) is 14.3 Å². The zero-order valence-corrected chi connectivity index (χ0v) is 10.4. The normalized spacial score (nSPS) is 12.9. The number of carbonyl (C=O) groups is 2. The van der Waals surface area contributed by atoms with Crippen molar-refractivity contribution in [2.75, 3.05) is 0 Å². The topological polar surface area (TPSA) is 54.4 Å². The molecule has 82 valence electrons. The zero-order valence-electron chi connectivity index (χ0n) is 9.25. The van der Waals surface area contributed by atoms with E-state index in [9.17, 15) is 9.59 Å². The van der Waals surface area contributed by atoms with Gasteiger partial charge in [0.05, 0.1) is 0 Å². The van der Waals surface area contributed by atoms with Gasteiger partial charge in [-0.3, -0.25) is 4.79 Å². The van der Waals surface area contributed by atoms with E-state index in [1.807, 2.05) is 13.1 Å². The molecule has 0 aliphatic carbocycles. The highest BCUT2D eigenvalue weighted by molar-refractivity contribution is 6.66. The average molecular weight is 216 g/mol. The largest absolute Gasteiger partial charge is 0.476 e. The van der Waals surface area contributed by atoms with E-state index in [1.165, 1.54) is 0 Å². The monoisotopic (exact) mass is 216 g/mol. The van der Waals surface area contributed by atoms with Crippen LogP contribution >= 0.6 is 0 Å². The number of unbranched alkanes of at least 4 members (excludes halogenated alkanes) is 2. The molecule has 0 aromatic rings. The van der Waals surface area contributed by atoms with Crippen LogP contribution in [-0.4, -0.2) is 25.7 Å². The molecule has 4 heteroatoms. The van der Waals surface area contributed by atoms with E-state index in [0.717, 1.165) is 25.7 Å². The minimum Gasteiger partial charge on any atom is -0.476 e. The quantitative estimate of drug-likeness (QED) is 0.403. The van der Waals surface area contributed by atoms with Crippen LogP contribution < -0.4 is 0 Å². The third-order valence-corrected chi connectivity index (χ3v) is 4.72. The van der Waals surface area contributed by atoms with Crippen LogP contribution in [0.5, 0.6) is 0 Å². The summed E-state index contributed by atoms with van der Waals surface area (Å²) in [6.45, 7) is 6.18. The van der Waals surface area contributed by atoms with Crippen molar-refractivity contribution < 1.29 is 14.7 Å². The molecule has 1 unspecified atom stereocenters. The highest BCUT2D eigenvalue weighted by Gasteiger charge is 2.27. The van der Waals surface area contributed by atoms with Gasteiger partial charge in [-0.1, -0.05) is 39.3 Å². The number of rotatable bonds is 7. The van der Waals surface area contributed by atoms with Crippen LogP contribution in [0.25, 0.3) is 0 Å². The van der Waals surface area contributed by atoms with Gasteiger partial charge >= 0.3 is 5.97 Å². The fourth-order valence-electron chi connectivity index (χ4n) is 1.54. The zero-order chi connectivity index (χ0) is 11.1. The molecule has 0 fully saturated rings. The van der Waals surface area contributed by atoms with Gasteiger partial charge in [0.25, 0.3) is 0 Å². The maximum absolute atomic E-state index is 11.3. The maximum Gasteiger partial charge on any atom is 0.372 e. The van der Waals surface area contributed by atoms with Crippen LogP contribution in [0.15, 0.2) is 0 Å². The minimum absolute atomic E-state index is 0.168. The number of Topliss-reactive ketones (excluding diaryl/α,β-unsaturated/α-hetero) is 1. The molecular formula is C10H20O3Si. The van der Waals surface area contributed by atoms with Gasteiger partial charge in [-0.25, -0.2) is 4.79 Å². The Labute approximate surface area is 87.1 Å². The standard InChI is InChI=1S/C10H20O3Si/c1-4-5-6-7-8(14(2)3)9(11)10(12)13/h8,14H,4-7H2,1-3H3,(H,12,13). The minimum atomic E-state index is -1.26. The number of ketones is 1. The summed E-state index contributed by atoms with van der Waals surface area (Å²) in [7, 11) is -1.17. The lowest BCUT2D eigenvalue weighted by atomic mass is 10.1. The second-order valence-corrected chi connectivity index (χ2v) is 7.31. The number of carboxylic acids is 1. The third-order valence-electron chi connectivity index (χ3n) is 2.47. The fourth-order valence-corrected chi connectivity index (χ4v) is 3.19. The fraction of sp³-hybridized carbons (Fsp3) is 0.800. The third kappa shape index (κ3) is 4.55. The van der Waals surface area contributed by atoms with Crippen LogP contribution in [0.1, 0.15) is 32.6 Å². The molecule has 1 atom stereocenters. The molecule has 1 N–H and O–H groups in total. The molecule has 14 heavy (non-hydrogen) atoms. The Hall–Kier alpha value is -0.643. The van der Waals surface area contributed by atoms with Gasteiger partial charge in [0.15, 0.2) is 0 Å². The van der Waals surface area contributed by atoms with E-state index in [4.69, 9.17) is 5.11 Å². The number of hydrogen-bond acceptors (Lipinski definition) is 2. The molecular weight excluding hydrogens is 196 g/mol. The second-order valence-electron chi connectivity index (χ2n) is 4.02. The van der Waals surface area contributed by atoms with Gasteiger partial charge in [0.1, 0.15) is 0 Å². The molecule has 0 amide bonds. The summed E-state index contributed by atoms with van der Waals surface area (Å²) < 4.78 is 0. The van der Waals surface area contributed by atoms with Gasteiger partial charge in [-0.2, -0.15) is 0 Å². The summed E-state index contributed by atoms with van der Waals surface area (Å²) in [4.78, 5) is 21.9. The van der Waals surface area contributed by atoms with Crippen molar-refractivity contribution in [2.24, 2.45) is 0 Å². The molecule has 0 aromatic heterocycles. The van der Waals surface area contributed by atoms with Gasteiger partial charge < -0.3 is 5.11 Å². The molecule has 3 nitrogen and oxygen atoms in total. The van der Waals surface area contributed by atoms with Gasteiger partial charge in [-0.05, 0) is 6.42 Å². The number of carboxylic acid groups (broad SMARTS) is 1. The average Bonchev–Trinajstić information content (AvgIpc) is 2.10. The molecule has 0 aromatic carbocycles. The Morgan fingerprint density at radius 2 is 1.86 bits per heavy atom. The maximum atomic E-state index is 11.3. The Kier molecular flexibility index (Phi) is 6.45. The Morgan fingerprint density at radius 1 is 1.29 bits per heavy atom. The van der Waals surface area contributed by atoms with Crippen LogP contribution in [0.4, 0.5) is 0 Å². The smallest absolute Gasteiger partial charge is 0.372 e. The highest BCUT2D eigenvalue weighted by Crippen LogP contribution is 2.20. The van der Waals surface area contributed by atoms with Crippen molar-refractivity contribution >= 4 is 20.5 Å². The van der Waals surface area contributed by atoms with E-state index >= 15 is 0 Å². The number of aliphatic carboxylic acids is 1. The molecule has 0 aliphatic heterocycles. The lowest BCUT2D eigenvalue weighted by molar-refractivity contribution is -0.149. The molecule has 0 heterocycles. The first-order valence-electron chi connectivity index (χ1n) is 5.27. The second kappa shape index (κ2) is 6.76. The summed E-state index contributed by atoms with van der Waals surface area (Å²) in [6.07, 6.45) is 3.94. The van der Waals surface area contributed by atoms with Gasteiger partial charge in [-0.15, -0.1) is 0 Å². The predicted molar refractivity (Wildman–Crippen MR) is 59.4 cm³/mol. The summed E-state index contributed by atoms with van der Waals surface area (Å²) >= 11 is 0. The molecule has 0 aliphatic rings. The predicted octanol–water partition coefficient (Wildman–Crippen LogP) is 2.08. The van der Waals surface area contributed by atoms with Crippen LogP contribution in [0, 0.1) is 0 Å². The first-order valence-corrected chi connectivity index (χ1v) is 8.25. The van der Waals surface area contributed by atoms with Gasteiger partial charge in [0.2, 0.25) is 5.78 Å².